The minimum atomic E-state index is -0.189. The van der Waals surface area contributed by atoms with E-state index < -0.39 is 0 Å². The third-order valence-corrected chi connectivity index (χ3v) is 2.98. The van der Waals surface area contributed by atoms with E-state index in [9.17, 15) is 4.79 Å². The van der Waals surface area contributed by atoms with Crippen LogP contribution in [0.4, 0.5) is 0 Å². The van der Waals surface area contributed by atoms with E-state index in [2.05, 4.69) is 23.2 Å². The van der Waals surface area contributed by atoms with Gasteiger partial charge in [0.15, 0.2) is 0 Å². The number of hydrogen-bond acceptors (Lipinski definition) is 2. The molecule has 2 N–H and O–H groups in total. The lowest BCUT2D eigenvalue weighted by Crippen LogP contribution is -2.42. The van der Waals surface area contributed by atoms with Crippen LogP contribution in [-0.4, -0.2) is 11.9 Å². The van der Waals surface area contributed by atoms with E-state index in [0.717, 1.165) is 5.56 Å². The van der Waals surface area contributed by atoms with Crippen molar-refractivity contribution in [1.29, 1.82) is 0 Å². The summed E-state index contributed by atoms with van der Waals surface area (Å²) in [6, 6.07) is 18.8. The number of nitrogens with one attached hydrogen (secondary N) is 2. The number of rotatable bonds is 6. The van der Waals surface area contributed by atoms with Crippen LogP contribution in [0.5, 0.6) is 0 Å². The number of benzene rings is 2. The van der Waals surface area contributed by atoms with Gasteiger partial charge in [-0.25, -0.2) is 5.43 Å². The van der Waals surface area contributed by atoms with Gasteiger partial charge in [-0.2, -0.15) is 0 Å². The Morgan fingerprint density at radius 2 is 1.68 bits per heavy atom. The summed E-state index contributed by atoms with van der Waals surface area (Å²) in [4.78, 5) is 12.0. The molecule has 0 saturated heterocycles. The van der Waals surface area contributed by atoms with Crippen molar-refractivity contribution in [3.05, 3.63) is 96.3 Å². The van der Waals surface area contributed by atoms with Crippen molar-refractivity contribution >= 4 is 12.0 Å². The van der Waals surface area contributed by atoms with Gasteiger partial charge < -0.3 is 0 Å². The summed E-state index contributed by atoms with van der Waals surface area (Å²) in [7, 11) is 0. The molecule has 0 aromatic heterocycles. The van der Waals surface area contributed by atoms with Crippen LogP contribution < -0.4 is 10.9 Å². The Balaban J connectivity index is 1.96. The van der Waals surface area contributed by atoms with Crippen molar-refractivity contribution in [3.63, 3.8) is 0 Å². The Kier molecular flexibility index (Phi) is 5.94. The molecule has 3 heteroatoms. The lowest BCUT2D eigenvalue weighted by atomic mass is 10.1. The maximum Gasteiger partial charge on any atom is 0.265 e. The fourth-order valence-electron chi connectivity index (χ4n) is 1.86. The fourth-order valence-corrected chi connectivity index (χ4v) is 1.86. The maximum absolute atomic E-state index is 12.0. The Hall–Kier alpha value is -2.87. The second-order valence-electron chi connectivity index (χ2n) is 4.63. The molecule has 0 radical (unpaired) electrons. The molecule has 0 aliphatic carbocycles. The zero-order valence-corrected chi connectivity index (χ0v) is 12.2. The van der Waals surface area contributed by atoms with Crippen molar-refractivity contribution in [1.82, 2.24) is 10.9 Å². The smallest absolute Gasteiger partial charge is 0.265 e. The molecule has 0 saturated carbocycles. The van der Waals surface area contributed by atoms with Gasteiger partial charge in [0.1, 0.15) is 0 Å². The summed E-state index contributed by atoms with van der Waals surface area (Å²) in [6.45, 7) is 3.57. The van der Waals surface area contributed by atoms with E-state index in [0.29, 0.717) is 5.56 Å². The van der Waals surface area contributed by atoms with Crippen molar-refractivity contribution in [3.8, 4) is 0 Å². The number of amides is 1. The molecule has 0 aliphatic rings. The van der Waals surface area contributed by atoms with Crippen LogP contribution in [0, 0.1) is 0 Å². The molecular weight excluding hydrogens is 272 g/mol. The molecule has 1 amide bonds. The molecule has 0 heterocycles. The van der Waals surface area contributed by atoms with Gasteiger partial charge in [0.25, 0.3) is 5.91 Å². The van der Waals surface area contributed by atoms with Crippen LogP contribution in [0.2, 0.25) is 0 Å². The number of hydrogen-bond donors (Lipinski definition) is 2. The Morgan fingerprint density at radius 1 is 1.05 bits per heavy atom. The molecule has 3 nitrogen and oxygen atoms in total. The van der Waals surface area contributed by atoms with Crippen LogP contribution in [0.3, 0.4) is 0 Å². The van der Waals surface area contributed by atoms with E-state index in [1.807, 2.05) is 60.7 Å². The largest absolute Gasteiger partial charge is 0.287 e. The number of hydrazine groups is 1. The first-order valence-electron chi connectivity index (χ1n) is 7.00. The zero-order chi connectivity index (χ0) is 15.6. The highest BCUT2D eigenvalue weighted by Crippen LogP contribution is 2.03. The summed E-state index contributed by atoms with van der Waals surface area (Å²) in [6.07, 6.45) is 5.64. The fraction of sp³-hybridized carbons (Fsp3) is 0.0526. The molecule has 0 aliphatic heterocycles. The van der Waals surface area contributed by atoms with Crippen LogP contribution >= 0.6 is 0 Å². The minimum Gasteiger partial charge on any atom is -0.287 e. The third-order valence-electron chi connectivity index (χ3n) is 2.98. The third kappa shape index (κ3) is 4.91. The van der Waals surface area contributed by atoms with E-state index in [1.165, 1.54) is 0 Å². The quantitative estimate of drug-likeness (QED) is 0.633. The van der Waals surface area contributed by atoms with Gasteiger partial charge in [-0.3, -0.25) is 10.2 Å². The highest BCUT2D eigenvalue weighted by Gasteiger charge is 2.05. The van der Waals surface area contributed by atoms with Gasteiger partial charge in [-0.05, 0) is 23.8 Å². The molecule has 2 rings (SSSR count). The molecule has 0 spiro atoms. The number of carbonyl (C=O) groups is 1. The van der Waals surface area contributed by atoms with Crippen LogP contribution in [0.1, 0.15) is 15.9 Å². The normalized spacial score (nSPS) is 11.6. The van der Waals surface area contributed by atoms with E-state index >= 15 is 0 Å². The average Bonchev–Trinajstić information content (AvgIpc) is 2.59. The lowest BCUT2D eigenvalue weighted by molar-refractivity contribution is 0.0931. The monoisotopic (exact) mass is 290 g/mol. The standard InChI is InChI=1S/C19H18N2O/c1-2-9-18(15-14-16-10-5-3-6-11-16)20-21-19(22)17-12-7-4-8-13-17/h3-15,18,20H,1H2,(H,21,22)/b15-14+. The zero-order valence-electron chi connectivity index (χ0n) is 12.2. The Morgan fingerprint density at radius 3 is 2.32 bits per heavy atom. The molecule has 22 heavy (non-hydrogen) atoms. The van der Waals surface area contributed by atoms with Crippen LogP contribution in [-0.2, 0) is 0 Å². The second-order valence-corrected chi connectivity index (χ2v) is 4.63. The molecule has 0 bridgehead atoms. The molecule has 0 fully saturated rings. The first-order valence-corrected chi connectivity index (χ1v) is 7.00. The summed E-state index contributed by atoms with van der Waals surface area (Å²) in [5.41, 5.74) is 10.0. The predicted octanol–water partition coefficient (Wildman–Crippen LogP) is 3.34. The van der Waals surface area contributed by atoms with Crippen LogP contribution in [0.25, 0.3) is 6.08 Å². The topological polar surface area (TPSA) is 41.1 Å². The first kappa shape index (κ1) is 15.5. The van der Waals surface area contributed by atoms with Gasteiger partial charge in [0.05, 0.1) is 6.04 Å². The Bertz CT molecular complexity index is 671. The molecule has 2 aromatic carbocycles. The predicted molar refractivity (Wildman–Crippen MR) is 90.0 cm³/mol. The van der Waals surface area contributed by atoms with Crippen molar-refractivity contribution < 1.29 is 4.79 Å². The Labute approximate surface area is 130 Å². The van der Waals surface area contributed by atoms with Crippen molar-refractivity contribution in [2.45, 2.75) is 6.04 Å². The summed E-state index contributed by atoms with van der Waals surface area (Å²) in [5, 5.41) is 0. The maximum atomic E-state index is 12.0. The van der Waals surface area contributed by atoms with Crippen LogP contribution in [0.15, 0.2) is 85.1 Å². The van der Waals surface area contributed by atoms with Crippen molar-refractivity contribution in [2.24, 2.45) is 0 Å². The van der Waals surface area contributed by atoms with Crippen molar-refractivity contribution in [2.75, 3.05) is 0 Å². The highest BCUT2D eigenvalue weighted by molar-refractivity contribution is 5.93. The molecule has 1 unspecified atom stereocenters. The van der Waals surface area contributed by atoms with E-state index in [1.54, 1.807) is 18.2 Å². The molecule has 110 valence electrons. The lowest BCUT2D eigenvalue weighted by Gasteiger charge is -2.11. The van der Waals surface area contributed by atoms with Gasteiger partial charge >= 0.3 is 0 Å². The highest BCUT2D eigenvalue weighted by atomic mass is 16.2. The number of carbonyl (C=O) groups excluding carboxylic acids is 1. The average molecular weight is 290 g/mol. The van der Waals surface area contributed by atoms with E-state index in [4.69, 9.17) is 0 Å². The molecule has 2 aromatic rings. The SMILES string of the molecule is C=C=CC(/C=C/c1ccccc1)NNC(=O)c1ccccc1. The van der Waals surface area contributed by atoms with Gasteiger partial charge in [0, 0.05) is 5.56 Å². The second kappa shape index (κ2) is 8.42. The van der Waals surface area contributed by atoms with E-state index in [-0.39, 0.29) is 11.9 Å². The molecule has 1 atom stereocenters. The van der Waals surface area contributed by atoms with Gasteiger partial charge in [-0.1, -0.05) is 67.3 Å². The molecular formula is C19H18N2O. The summed E-state index contributed by atoms with van der Waals surface area (Å²) in [5.74, 6) is -0.184. The van der Waals surface area contributed by atoms with Gasteiger partial charge in [0.2, 0.25) is 0 Å². The summed E-state index contributed by atoms with van der Waals surface area (Å²) >= 11 is 0. The summed E-state index contributed by atoms with van der Waals surface area (Å²) < 4.78 is 0. The van der Waals surface area contributed by atoms with Gasteiger partial charge in [-0.15, -0.1) is 5.73 Å². The first-order chi connectivity index (χ1) is 10.8. The minimum absolute atomic E-state index is 0.184.